The zero-order chi connectivity index (χ0) is 25.4. The molecule has 0 bridgehead atoms. The van der Waals surface area contributed by atoms with Gasteiger partial charge in [-0.25, -0.2) is 17.9 Å². The second-order valence-electron chi connectivity index (χ2n) is 9.26. The average Bonchev–Trinajstić information content (AvgIpc) is 3.64. The van der Waals surface area contributed by atoms with Gasteiger partial charge < -0.3 is 9.64 Å². The molecule has 6 nitrogen and oxygen atoms in total. The molecule has 0 amide bonds. The summed E-state index contributed by atoms with van der Waals surface area (Å²) in [6.45, 7) is 1.18. The van der Waals surface area contributed by atoms with E-state index in [1.807, 2.05) is 42.6 Å². The maximum atomic E-state index is 14.6. The Kier molecular flexibility index (Phi) is 6.21. The summed E-state index contributed by atoms with van der Waals surface area (Å²) in [6, 6.07) is 14.5. The molecular formula is C28H24F3N5O. The zero-order valence-corrected chi connectivity index (χ0v) is 19.9. The number of fused-ring (bicyclic) bond motifs is 1. The van der Waals surface area contributed by atoms with Gasteiger partial charge in [0.25, 0.3) is 0 Å². The predicted octanol–water partition coefficient (Wildman–Crippen LogP) is 5.44. The van der Waals surface area contributed by atoms with Gasteiger partial charge in [0.1, 0.15) is 30.4 Å². The normalized spacial score (nSPS) is 18.8. The second kappa shape index (κ2) is 9.82. The molecular weight excluding hydrogens is 479 g/mol. The molecule has 2 aromatic carbocycles. The lowest BCUT2D eigenvalue weighted by atomic mass is 10.0. The van der Waals surface area contributed by atoms with E-state index in [0.29, 0.717) is 25.7 Å². The number of likely N-dealkylation sites (tertiary alicyclic amines) is 1. The summed E-state index contributed by atoms with van der Waals surface area (Å²) in [5.41, 5.74) is 4.42. The third kappa shape index (κ3) is 4.74. The van der Waals surface area contributed by atoms with Crippen LogP contribution in [-0.4, -0.2) is 38.2 Å². The highest BCUT2D eigenvalue weighted by atomic mass is 19.1. The summed E-state index contributed by atoms with van der Waals surface area (Å²) < 4.78 is 50.5. The molecule has 6 rings (SSSR count). The van der Waals surface area contributed by atoms with Gasteiger partial charge in [0.2, 0.25) is 0 Å². The molecule has 0 unspecified atom stereocenters. The van der Waals surface area contributed by atoms with Crippen LogP contribution >= 0.6 is 0 Å². The van der Waals surface area contributed by atoms with Gasteiger partial charge >= 0.3 is 0 Å². The number of benzene rings is 2. The number of halogens is 3. The lowest BCUT2D eigenvalue weighted by Gasteiger charge is -2.27. The molecule has 4 heterocycles. The van der Waals surface area contributed by atoms with Crippen molar-refractivity contribution in [3.8, 4) is 11.1 Å². The van der Waals surface area contributed by atoms with Crippen molar-refractivity contribution < 1.29 is 17.9 Å². The van der Waals surface area contributed by atoms with Gasteiger partial charge in [0.15, 0.2) is 0 Å². The summed E-state index contributed by atoms with van der Waals surface area (Å²) in [6.07, 6.45) is 4.26. The fraction of sp³-hybridized carbons (Fsp3) is 0.250. The van der Waals surface area contributed by atoms with E-state index in [4.69, 9.17) is 4.74 Å². The lowest BCUT2D eigenvalue weighted by Crippen LogP contribution is -2.32. The van der Waals surface area contributed by atoms with E-state index in [2.05, 4.69) is 15.1 Å². The third-order valence-electron chi connectivity index (χ3n) is 6.73. The van der Waals surface area contributed by atoms with Crippen LogP contribution in [0.3, 0.4) is 0 Å². The molecule has 0 spiro atoms. The molecule has 1 saturated heterocycles. The topological polar surface area (TPSA) is 55.5 Å². The molecule has 2 atom stereocenters. The van der Waals surface area contributed by atoms with Crippen LogP contribution in [0.5, 0.6) is 0 Å². The highest BCUT2D eigenvalue weighted by Crippen LogP contribution is 2.38. The summed E-state index contributed by atoms with van der Waals surface area (Å²) >= 11 is 0. The van der Waals surface area contributed by atoms with E-state index in [9.17, 15) is 13.2 Å². The first-order valence-electron chi connectivity index (χ1n) is 12.1. The highest BCUT2D eigenvalue weighted by molar-refractivity contribution is 6.02. The van der Waals surface area contributed by atoms with Crippen molar-refractivity contribution in [3.63, 3.8) is 0 Å². The molecule has 4 aromatic rings. The highest BCUT2D eigenvalue weighted by Gasteiger charge is 2.39. The van der Waals surface area contributed by atoms with Crippen molar-refractivity contribution >= 4 is 5.84 Å². The number of rotatable bonds is 6. The fourth-order valence-electron chi connectivity index (χ4n) is 4.95. The Morgan fingerprint density at radius 2 is 1.86 bits per heavy atom. The SMILES string of the molecule is Fc1ccc(F)c([C@H]2C[C@H](F)CN2C2=NCc3ncc(-c4cnn(COCc5ccccc5)c4)cc32)c1. The molecule has 2 aromatic heterocycles. The lowest BCUT2D eigenvalue weighted by molar-refractivity contribution is 0.0561. The number of hydrogen-bond acceptors (Lipinski definition) is 5. The van der Waals surface area contributed by atoms with Crippen molar-refractivity contribution in [1.82, 2.24) is 19.7 Å². The maximum absolute atomic E-state index is 14.6. The summed E-state index contributed by atoms with van der Waals surface area (Å²) in [4.78, 5) is 10.9. The van der Waals surface area contributed by atoms with E-state index in [-0.39, 0.29) is 18.5 Å². The standard InChI is InChI=1S/C28H24F3N5O/c29-21-6-7-25(31)23(9-21)27-10-22(30)15-36(27)28-24-8-19(11-32-26(24)13-33-28)20-12-34-35(14-20)17-37-16-18-4-2-1-3-5-18/h1-9,11-12,14,22,27H,10,13,15-17H2/t22-,27+/m0/s1. The van der Waals surface area contributed by atoms with Crippen LogP contribution in [0.2, 0.25) is 0 Å². The minimum atomic E-state index is -1.18. The number of hydrogen-bond donors (Lipinski definition) is 0. The van der Waals surface area contributed by atoms with Crippen LogP contribution in [0, 0.1) is 11.6 Å². The number of alkyl halides is 1. The molecule has 188 valence electrons. The molecule has 0 aliphatic carbocycles. The second-order valence-corrected chi connectivity index (χ2v) is 9.26. The Labute approximate surface area is 212 Å². The molecule has 2 aliphatic heterocycles. The van der Waals surface area contributed by atoms with Gasteiger partial charge in [0, 0.05) is 41.1 Å². The molecule has 2 aliphatic rings. The molecule has 9 heteroatoms. The van der Waals surface area contributed by atoms with Crippen molar-refractivity contribution in [2.75, 3.05) is 6.54 Å². The first kappa shape index (κ1) is 23.4. The van der Waals surface area contributed by atoms with Gasteiger partial charge in [-0.3, -0.25) is 9.98 Å². The minimum absolute atomic E-state index is 0.0554. The van der Waals surface area contributed by atoms with Gasteiger partial charge in [-0.1, -0.05) is 30.3 Å². The Balaban J connectivity index is 1.22. The number of amidine groups is 1. The number of nitrogens with zero attached hydrogens (tertiary/aromatic N) is 5. The fourth-order valence-corrected chi connectivity index (χ4v) is 4.95. The molecule has 0 saturated carbocycles. The number of ether oxygens (including phenoxy) is 1. The van der Waals surface area contributed by atoms with Gasteiger partial charge in [-0.15, -0.1) is 0 Å². The van der Waals surface area contributed by atoms with Crippen LogP contribution in [0.15, 0.2) is 78.2 Å². The third-order valence-corrected chi connectivity index (χ3v) is 6.73. The van der Waals surface area contributed by atoms with Crippen molar-refractivity contribution in [3.05, 3.63) is 107 Å². The van der Waals surface area contributed by atoms with E-state index in [1.54, 1.807) is 22.0 Å². The molecule has 37 heavy (non-hydrogen) atoms. The quantitative estimate of drug-likeness (QED) is 0.352. The average molecular weight is 504 g/mol. The number of aromatic nitrogens is 3. The van der Waals surface area contributed by atoms with Gasteiger partial charge in [-0.05, 0) is 29.8 Å². The monoisotopic (exact) mass is 503 g/mol. The van der Waals surface area contributed by atoms with Crippen molar-refractivity contribution in [2.45, 2.75) is 38.5 Å². The van der Waals surface area contributed by atoms with Crippen LogP contribution in [0.4, 0.5) is 13.2 Å². The van der Waals surface area contributed by atoms with Crippen molar-refractivity contribution in [1.29, 1.82) is 0 Å². The Morgan fingerprint density at radius 1 is 1.00 bits per heavy atom. The van der Waals surface area contributed by atoms with Gasteiger partial charge in [0.05, 0.1) is 37.6 Å². The van der Waals surface area contributed by atoms with E-state index in [1.165, 1.54) is 0 Å². The zero-order valence-electron chi connectivity index (χ0n) is 19.9. The number of pyridine rings is 1. The molecule has 0 radical (unpaired) electrons. The summed E-state index contributed by atoms with van der Waals surface area (Å²) in [5, 5.41) is 4.39. The van der Waals surface area contributed by atoms with E-state index in [0.717, 1.165) is 46.1 Å². The predicted molar refractivity (Wildman–Crippen MR) is 132 cm³/mol. The van der Waals surface area contributed by atoms with Crippen LogP contribution in [0.25, 0.3) is 11.1 Å². The Morgan fingerprint density at radius 3 is 2.73 bits per heavy atom. The number of aliphatic imine (C=N–C) groups is 1. The molecule has 1 fully saturated rings. The van der Waals surface area contributed by atoms with Crippen LogP contribution < -0.4 is 0 Å². The van der Waals surface area contributed by atoms with E-state index < -0.39 is 23.8 Å². The summed E-state index contributed by atoms with van der Waals surface area (Å²) in [7, 11) is 0. The first-order chi connectivity index (χ1) is 18.0. The maximum Gasteiger partial charge on any atom is 0.139 e. The summed E-state index contributed by atoms with van der Waals surface area (Å²) in [5.74, 6) is -0.559. The van der Waals surface area contributed by atoms with Gasteiger partial charge in [-0.2, -0.15) is 5.10 Å². The van der Waals surface area contributed by atoms with Crippen LogP contribution in [0.1, 0.15) is 34.8 Å². The van der Waals surface area contributed by atoms with Crippen LogP contribution in [-0.2, 0) is 24.6 Å². The Hall–Kier alpha value is -3.98. The van der Waals surface area contributed by atoms with E-state index >= 15 is 0 Å². The molecule has 0 N–H and O–H groups in total. The first-order valence-corrected chi connectivity index (χ1v) is 12.1. The minimum Gasteiger partial charge on any atom is -0.355 e. The van der Waals surface area contributed by atoms with Crippen molar-refractivity contribution in [2.24, 2.45) is 4.99 Å². The largest absolute Gasteiger partial charge is 0.355 e. The Bertz CT molecular complexity index is 1460. The smallest absolute Gasteiger partial charge is 0.139 e.